The third-order valence-corrected chi connectivity index (χ3v) is 3.80. The van der Waals surface area contributed by atoms with E-state index in [1.165, 1.54) is 17.2 Å². The molecule has 0 N–H and O–H groups in total. The number of halogens is 2. The normalized spacial score (nSPS) is 14.0. The van der Waals surface area contributed by atoms with Crippen LogP contribution in [-0.4, -0.2) is 17.4 Å². The summed E-state index contributed by atoms with van der Waals surface area (Å²) in [6.07, 6.45) is 4.75. The first-order chi connectivity index (χ1) is 9.66. The summed E-state index contributed by atoms with van der Waals surface area (Å²) in [6.45, 7) is 0.527. The van der Waals surface area contributed by atoms with Crippen LogP contribution in [0.15, 0.2) is 41.1 Å². The van der Waals surface area contributed by atoms with E-state index in [1.54, 1.807) is 18.3 Å². The van der Waals surface area contributed by atoms with E-state index in [-0.39, 0.29) is 11.7 Å². The molecule has 0 unspecified atom stereocenters. The predicted octanol–water partition coefficient (Wildman–Crippen LogP) is 3.58. The largest absolute Gasteiger partial charge is 0.305 e. The van der Waals surface area contributed by atoms with Gasteiger partial charge in [0, 0.05) is 23.4 Å². The SMILES string of the molecule is O=C(c1cncc(Br)c1)N1CCCc2cccc(F)c21. The van der Waals surface area contributed by atoms with Crippen molar-refractivity contribution in [3.63, 3.8) is 0 Å². The Labute approximate surface area is 124 Å². The van der Waals surface area contributed by atoms with Gasteiger partial charge in [0.1, 0.15) is 5.82 Å². The molecule has 0 radical (unpaired) electrons. The summed E-state index contributed by atoms with van der Waals surface area (Å²) in [5.74, 6) is -0.566. The van der Waals surface area contributed by atoms with Gasteiger partial charge in [-0.15, -0.1) is 0 Å². The van der Waals surface area contributed by atoms with Gasteiger partial charge in [-0.1, -0.05) is 12.1 Å². The lowest BCUT2D eigenvalue weighted by molar-refractivity contribution is 0.0983. The summed E-state index contributed by atoms with van der Waals surface area (Å²) in [4.78, 5) is 18.1. The molecule has 0 spiro atoms. The second-order valence-corrected chi connectivity index (χ2v) is 5.62. The summed E-state index contributed by atoms with van der Waals surface area (Å²) in [5, 5.41) is 0. The van der Waals surface area contributed by atoms with E-state index in [2.05, 4.69) is 20.9 Å². The molecule has 2 aromatic rings. The summed E-state index contributed by atoms with van der Waals surface area (Å²) in [5.41, 5.74) is 1.74. The molecule has 0 bridgehead atoms. The number of rotatable bonds is 1. The molecule has 1 amide bonds. The molecule has 5 heteroatoms. The maximum atomic E-state index is 14.1. The van der Waals surface area contributed by atoms with E-state index < -0.39 is 0 Å². The Morgan fingerprint density at radius 2 is 2.20 bits per heavy atom. The Kier molecular flexibility index (Phi) is 3.53. The second kappa shape index (κ2) is 5.32. The first-order valence-electron chi connectivity index (χ1n) is 6.36. The number of hydrogen-bond donors (Lipinski definition) is 0. The van der Waals surface area contributed by atoms with E-state index >= 15 is 0 Å². The minimum absolute atomic E-state index is 0.218. The van der Waals surface area contributed by atoms with Gasteiger partial charge >= 0.3 is 0 Å². The number of amides is 1. The lowest BCUT2D eigenvalue weighted by atomic mass is 10.0. The molecule has 1 aliphatic heterocycles. The van der Waals surface area contributed by atoms with E-state index in [0.717, 1.165) is 22.9 Å². The van der Waals surface area contributed by atoms with Gasteiger partial charge in [-0.2, -0.15) is 0 Å². The van der Waals surface area contributed by atoms with Crippen LogP contribution in [0.5, 0.6) is 0 Å². The Morgan fingerprint density at radius 3 is 3.00 bits per heavy atom. The monoisotopic (exact) mass is 334 g/mol. The molecule has 1 aromatic heterocycles. The van der Waals surface area contributed by atoms with E-state index in [0.29, 0.717) is 17.8 Å². The molecular formula is C15H12BrFN2O. The molecular weight excluding hydrogens is 323 g/mol. The lowest BCUT2D eigenvalue weighted by Crippen LogP contribution is -2.36. The highest BCUT2D eigenvalue weighted by atomic mass is 79.9. The summed E-state index contributed by atoms with van der Waals surface area (Å²) in [6, 6.07) is 6.65. The van der Waals surface area contributed by atoms with Crippen molar-refractivity contribution >= 4 is 27.5 Å². The number of carbonyl (C=O) groups is 1. The van der Waals surface area contributed by atoms with Gasteiger partial charge in [0.25, 0.3) is 5.91 Å². The summed E-state index contributed by atoms with van der Waals surface area (Å²) < 4.78 is 14.8. The molecule has 0 saturated heterocycles. The molecule has 102 valence electrons. The molecule has 0 aliphatic carbocycles. The van der Waals surface area contributed by atoms with Crippen molar-refractivity contribution in [2.24, 2.45) is 0 Å². The van der Waals surface area contributed by atoms with Crippen molar-refractivity contribution in [3.8, 4) is 0 Å². The zero-order valence-corrected chi connectivity index (χ0v) is 12.2. The third kappa shape index (κ3) is 2.33. The second-order valence-electron chi connectivity index (χ2n) is 4.70. The molecule has 2 heterocycles. The van der Waals surface area contributed by atoms with Crippen molar-refractivity contribution in [2.75, 3.05) is 11.4 Å². The van der Waals surface area contributed by atoms with Gasteiger partial charge < -0.3 is 4.90 Å². The van der Waals surface area contributed by atoms with Crippen LogP contribution in [0.2, 0.25) is 0 Å². The number of carbonyl (C=O) groups excluding carboxylic acids is 1. The third-order valence-electron chi connectivity index (χ3n) is 3.37. The molecule has 0 saturated carbocycles. The fourth-order valence-electron chi connectivity index (χ4n) is 2.49. The number of anilines is 1. The van der Waals surface area contributed by atoms with E-state index in [9.17, 15) is 9.18 Å². The number of hydrogen-bond acceptors (Lipinski definition) is 2. The molecule has 3 rings (SSSR count). The van der Waals surface area contributed by atoms with Crippen LogP contribution in [0.25, 0.3) is 0 Å². The van der Waals surface area contributed by atoms with Crippen molar-refractivity contribution < 1.29 is 9.18 Å². The van der Waals surface area contributed by atoms with Crippen molar-refractivity contribution in [2.45, 2.75) is 12.8 Å². The maximum Gasteiger partial charge on any atom is 0.259 e. The van der Waals surface area contributed by atoms with Crippen LogP contribution in [0.4, 0.5) is 10.1 Å². The molecule has 0 atom stereocenters. The molecule has 3 nitrogen and oxygen atoms in total. The van der Waals surface area contributed by atoms with Gasteiger partial charge in [-0.05, 0) is 46.5 Å². The maximum absolute atomic E-state index is 14.1. The van der Waals surface area contributed by atoms with E-state index in [4.69, 9.17) is 0 Å². The number of benzene rings is 1. The Morgan fingerprint density at radius 1 is 1.35 bits per heavy atom. The van der Waals surface area contributed by atoms with Gasteiger partial charge in [0.15, 0.2) is 0 Å². The first-order valence-corrected chi connectivity index (χ1v) is 7.16. The predicted molar refractivity (Wildman–Crippen MR) is 78.3 cm³/mol. The van der Waals surface area contributed by atoms with Crippen molar-refractivity contribution in [1.82, 2.24) is 4.98 Å². The van der Waals surface area contributed by atoms with Gasteiger partial charge in [-0.25, -0.2) is 4.39 Å². The van der Waals surface area contributed by atoms with Gasteiger partial charge in [0.05, 0.1) is 11.3 Å². The fraction of sp³-hybridized carbons (Fsp3) is 0.200. The topological polar surface area (TPSA) is 33.2 Å². The molecule has 1 aliphatic rings. The average Bonchev–Trinajstić information content (AvgIpc) is 2.46. The Bertz CT molecular complexity index is 675. The highest BCUT2D eigenvalue weighted by Gasteiger charge is 2.26. The zero-order chi connectivity index (χ0) is 14.1. The number of nitrogens with zero attached hydrogens (tertiary/aromatic N) is 2. The minimum atomic E-state index is -0.349. The van der Waals surface area contributed by atoms with Crippen molar-refractivity contribution in [1.29, 1.82) is 0 Å². The summed E-state index contributed by atoms with van der Waals surface area (Å²) in [7, 11) is 0. The summed E-state index contributed by atoms with van der Waals surface area (Å²) >= 11 is 3.29. The highest BCUT2D eigenvalue weighted by Crippen LogP contribution is 2.31. The van der Waals surface area contributed by atoms with Crippen LogP contribution in [0.3, 0.4) is 0 Å². The van der Waals surface area contributed by atoms with E-state index in [1.807, 2.05) is 6.07 Å². The minimum Gasteiger partial charge on any atom is -0.305 e. The van der Waals surface area contributed by atoms with Crippen LogP contribution >= 0.6 is 15.9 Å². The fourth-order valence-corrected chi connectivity index (χ4v) is 2.86. The van der Waals surface area contributed by atoms with Crippen LogP contribution in [0.1, 0.15) is 22.3 Å². The number of pyridine rings is 1. The first kappa shape index (κ1) is 13.2. The van der Waals surface area contributed by atoms with Gasteiger partial charge in [-0.3, -0.25) is 9.78 Å². The highest BCUT2D eigenvalue weighted by molar-refractivity contribution is 9.10. The average molecular weight is 335 g/mol. The quantitative estimate of drug-likeness (QED) is 0.798. The number of aromatic nitrogens is 1. The molecule has 20 heavy (non-hydrogen) atoms. The molecule has 0 fully saturated rings. The lowest BCUT2D eigenvalue weighted by Gasteiger charge is -2.29. The van der Waals surface area contributed by atoms with Gasteiger partial charge in [0.2, 0.25) is 0 Å². The number of aryl methyl sites for hydroxylation is 1. The molecule has 1 aromatic carbocycles. The zero-order valence-electron chi connectivity index (χ0n) is 10.6. The van der Waals surface area contributed by atoms with Crippen LogP contribution in [-0.2, 0) is 6.42 Å². The number of fused-ring (bicyclic) bond motifs is 1. The van der Waals surface area contributed by atoms with Crippen LogP contribution < -0.4 is 4.90 Å². The van der Waals surface area contributed by atoms with Crippen molar-refractivity contribution in [3.05, 3.63) is 58.1 Å². The standard InChI is InChI=1S/C15H12BrFN2O/c16-12-7-11(8-18-9-12)15(20)19-6-2-4-10-3-1-5-13(17)14(10)19/h1,3,5,7-9H,2,4,6H2. The Hall–Kier alpha value is -1.75. The number of para-hydroxylation sites is 1. The van der Waals surface area contributed by atoms with Crippen LogP contribution in [0, 0.1) is 5.82 Å². The Balaban J connectivity index is 2.03. The smallest absolute Gasteiger partial charge is 0.259 e.